The Bertz CT molecular complexity index is 1050. The van der Waals surface area contributed by atoms with E-state index >= 15 is 0 Å². The third-order valence-corrected chi connectivity index (χ3v) is 5.29. The SMILES string of the molecule is C[C@@H]1Nc2nc(NCc3ccc(Cl)c(Cl)c3)ncc2N(Cc2cccnc2)C1=O. The summed E-state index contributed by atoms with van der Waals surface area (Å²) >= 11 is 12.0. The molecule has 1 atom stereocenters. The maximum absolute atomic E-state index is 12.7. The molecule has 0 saturated heterocycles. The number of nitrogens with one attached hydrogen (secondary N) is 2. The predicted molar refractivity (Wildman–Crippen MR) is 114 cm³/mol. The molecule has 0 bridgehead atoms. The molecule has 3 aromatic rings. The summed E-state index contributed by atoms with van der Waals surface area (Å²) < 4.78 is 0. The van der Waals surface area contributed by atoms with Crippen molar-refractivity contribution in [3.63, 3.8) is 0 Å². The van der Waals surface area contributed by atoms with Gasteiger partial charge in [0.1, 0.15) is 11.7 Å². The van der Waals surface area contributed by atoms with E-state index in [2.05, 4.69) is 25.6 Å². The average molecular weight is 429 g/mol. The van der Waals surface area contributed by atoms with Crippen molar-refractivity contribution < 1.29 is 4.79 Å². The minimum absolute atomic E-state index is 0.0403. The number of hydrogen-bond acceptors (Lipinski definition) is 6. The van der Waals surface area contributed by atoms with Crippen molar-refractivity contribution in [1.29, 1.82) is 0 Å². The van der Waals surface area contributed by atoms with Gasteiger partial charge in [0.2, 0.25) is 11.9 Å². The number of fused-ring (bicyclic) bond motifs is 1. The Hall–Kier alpha value is -2.90. The summed E-state index contributed by atoms with van der Waals surface area (Å²) in [6, 6.07) is 8.81. The fraction of sp³-hybridized carbons (Fsp3) is 0.200. The largest absolute Gasteiger partial charge is 0.357 e. The van der Waals surface area contributed by atoms with E-state index in [1.54, 1.807) is 35.6 Å². The van der Waals surface area contributed by atoms with Gasteiger partial charge in [0.25, 0.3) is 0 Å². The highest BCUT2D eigenvalue weighted by molar-refractivity contribution is 6.42. The Morgan fingerprint density at radius 1 is 1.17 bits per heavy atom. The van der Waals surface area contributed by atoms with Crippen LogP contribution in [-0.2, 0) is 17.9 Å². The zero-order valence-corrected chi connectivity index (χ0v) is 17.1. The fourth-order valence-electron chi connectivity index (χ4n) is 3.05. The van der Waals surface area contributed by atoms with Crippen molar-refractivity contribution >= 4 is 46.6 Å². The van der Waals surface area contributed by atoms with Gasteiger partial charge < -0.3 is 15.5 Å². The molecule has 4 rings (SSSR count). The summed E-state index contributed by atoms with van der Waals surface area (Å²) in [5.74, 6) is 1.01. The van der Waals surface area contributed by atoms with Gasteiger partial charge in [-0.25, -0.2) is 4.98 Å². The first-order valence-corrected chi connectivity index (χ1v) is 9.78. The molecule has 0 unspecified atom stereocenters. The molecule has 3 heterocycles. The Balaban J connectivity index is 1.54. The van der Waals surface area contributed by atoms with Crippen LogP contribution in [0.25, 0.3) is 0 Å². The second kappa shape index (κ2) is 8.23. The number of anilines is 3. The number of halogens is 2. The fourth-order valence-corrected chi connectivity index (χ4v) is 3.37. The second-order valence-corrected chi connectivity index (χ2v) is 7.50. The molecular weight excluding hydrogens is 411 g/mol. The number of nitrogens with zero attached hydrogens (tertiary/aromatic N) is 4. The van der Waals surface area contributed by atoms with Crippen LogP contribution in [0.15, 0.2) is 48.9 Å². The quantitative estimate of drug-likeness (QED) is 0.635. The van der Waals surface area contributed by atoms with Crippen LogP contribution in [0.3, 0.4) is 0 Å². The van der Waals surface area contributed by atoms with Gasteiger partial charge in [-0.1, -0.05) is 35.3 Å². The summed E-state index contributed by atoms with van der Waals surface area (Å²) in [6.45, 7) is 2.71. The second-order valence-electron chi connectivity index (χ2n) is 6.68. The van der Waals surface area contributed by atoms with Gasteiger partial charge in [-0.05, 0) is 36.2 Å². The summed E-state index contributed by atoms with van der Waals surface area (Å²) in [4.78, 5) is 27.4. The van der Waals surface area contributed by atoms with Crippen LogP contribution in [-0.4, -0.2) is 26.9 Å². The van der Waals surface area contributed by atoms with Crippen molar-refractivity contribution in [2.45, 2.75) is 26.1 Å². The number of benzene rings is 1. The number of amides is 1. The topological polar surface area (TPSA) is 83.0 Å². The Morgan fingerprint density at radius 2 is 2.03 bits per heavy atom. The molecule has 7 nitrogen and oxygen atoms in total. The molecule has 0 saturated carbocycles. The van der Waals surface area contributed by atoms with E-state index in [1.807, 2.05) is 25.1 Å². The zero-order chi connectivity index (χ0) is 20.4. The lowest BCUT2D eigenvalue weighted by molar-refractivity contribution is -0.119. The number of aromatic nitrogens is 3. The summed E-state index contributed by atoms with van der Waals surface area (Å²) in [5.41, 5.74) is 2.52. The number of carbonyl (C=O) groups is 1. The zero-order valence-electron chi connectivity index (χ0n) is 15.6. The molecule has 1 amide bonds. The average Bonchev–Trinajstić information content (AvgIpc) is 2.73. The molecule has 1 aliphatic rings. The van der Waals surface area contributed by atoms with Crippen molar-refractivity contribution in [3.8, 4) is 0 Å². The Kier molecular flexibility index (Phi) is 5.51. The standard InChI is InChI=1S/C20H18Cl2N6O/c1-12-19(29)28(11-14-3-2-6-23-8-14)17-10-25-20(27-18(17)26-12)24-9-13-4-5-15(21)16(22)7-13/h2-8,10,12H,9,11H2,1H3,(H2,24,25,26,27)/t12-/m0/s1. The number of rotatable bonds is 5. The van der Waals surface area contributed by atoms with Crippen molar-refractivity contribution in [2.24, 2.45) is 0 Å². The van der Waals surface area contributed by atoms with E-state index in [4.69, 9.17) is 23.2 Å². The van der Waals surface area contributed by atoms with Gasteiger partial charge in [0.15, 0.2) is 5.82 Å². The lowest BCUT2D eigenvalue weighted by Crippen LogP contribution is -2.45. The maximum Gasteiger partial charge on any atom is 0.249 e. The summed E-state index contributed by atoms with van der Waals surface area (Å²) in [6.07, 6.45) is 5.09. The minimum Gasteiger partial charge on any atom is -0.357 e. The highest BCUT2D eigenvalue weighted by Crippen LogP contribution is 2.31. The third-order valence-electron chi connectivity index (χ3n) is 4.55. The summed E-state index contributed by atoms with van der Waals surface area (Å²) in [5, 5.41) is 7.32. The van der Waals surface area contributed by atoms with Crippen LogP contribution in [0.5, 0.6) is 0 Å². The van der Waals surface area contributed by atoms with Crippen LogP contribution >= 0.6 is 23.2 Å². The molecule has 29 heavy (non-hydrogen) atoms. The van der Waals surface area contributed by atoms with Crippen molar-refractivity contribution in [1.82, 2.24) is 15.0 Å². The number of hydrogen-bond donors (Lipinski definition) is 2. The van der Waals surface area contributed by atoms with Crippen molar-refractivity contribution in [3.05, 3.63) is 70.1 Å². The van der Waals surface area contributed by atoms with Crippen LogP contribution in [0.1, 0.15) is 18.1 Å². The number of carbonyl (C=O) groups excluding carboxylic acids is 1. The highest BCUT2D eigenvalue weighted by atomic mass is 35.5. The number of pyridine rings is 1. The van der Waals surface area contributed by atoms with Crippen LogP contribution < -0.4 is 15.5 Å². The van der Waals surface area contributed by atoms with E-state index in [0.29, 0.717) is 40.6 Å². The van der Waals surface area contributed by atoms with Gasteiger partial charge in [-0.2, -0.15) is 4.98 Å². The molecule has 0 radical (unpaired) electrons. The molecule has 0 fully saturated rings. The van der Waals surface area contributed by atoms with Gasteiger partial charge in [-0.3, -0.25) is 9.78 Å². The van der Waals surface area contributed by atoms with E-state index in [0.717, 1.165) is 11.1 Å². The van der Waals surface area contributed by atoms with Gasteiger partial charge >= 0.3 is 0 Å². The molecule has 2 aromatic heterocycles. The maximum atomic E-state index is 12.7. The predicted octanol–water partition coefficient (Wildman–Crippen LogP) is 4.14. The monoisotopic (exact) mass is 428 g/mol. The van der Waals surface area contributed by atoms with Crippen LogP contribution in [0, 0.1) is 0 Å². The molecule has 9 heteroatoms. The van der Waals surface area contributed by atoms with Crippen molar-refractivity contribution in [2.75, 3.05) is 15.5 Å². The minimum atomic E-state index is -0.392. The van der Waals surface area contributed by atoms with E-state index in [9.17, 15) is 4.79 Å². The molecule has 0 aliphatic carbocycles. The van der Waals surface area contributed by atoms with Crippen LogP contribution in [0.2, 0.25) is 10.0 Å². The van der Waals surface area contributed by atoms with E-state index < -0.39 is 6.04 Å². The molecule has 2 N–H and O–H groups in total. The molecular formula is C20H18Cl2N6O. The van der Waals surface area contributed by atoms with Gasteiger partial charge in [-0.15, -0.1) is 0 Å². The van der Waals surface area contributed by atoms with Gasteiger partial charge in [0, 0.05) is 18.9 Å². The first-order valence-electron chi connectivity index (χ1n) is 9.03. The Morgan fingerprint density at radius 3 is 2.79 bits per heavy atom. The van der Waals surface area contributed by atoms with E-state index in [-0.39, 0.29) is 5.91 Å². The molecule has 148 valence electrons. The summed E-state index contributed by atoms with van der Waals surface area (Å²) in [7, 11) is 0. The van der Waals surface area contributed by atoms with Gasteiger partial charge in [0.05, 0.1) is 22.8 Å². The molecule has 0 spiro atoms. The third kappa shape index (κ3) is 4.26. The highest BCUT2D eigenvalue weighted by Gasteiger charge is 2.31. The first-order chi connectivity index (χ1) is 14.0. The molecule has 1 aliphatic heterocycles. The van der Waals surface area contributed by atoms with E-state index in [1.165, 1.54) is 0 Å². The lowest BCUT2D eigenvalue weighted by Gasteiger charge is -2.33. The van der Waals surface area contributed by atoms with Crippen LogP contribution in [0.4, 0.5) is 17.5 Å². The molecule has 1 aromatic carbocycles. The normalized spacial score (nSPS) is 15.6. The first kappa shape index (κ1) is 19.4. The Labute approximate surface area is 178 Å². The smallest absolute Gasteiger partial charge is 0.249 e. The lowest BCUT2D eigenvalue weighted by atomic mass is 10.1.